The van der Waals surface area contributed by atoms with E-state index in [0.717, 1.165) is 39.3 Å². The second kappa shape index (κ2) is 9.15. The fourth-order valence-corrected chi connectivity index (χ4v) is 3.56. The third kappa shape index (κ3) is 4.83. The molecule has 2 unspecified atom stereocenters. The van der Waals surface area contributed by atoms with Crippen molar-refractivity contribution < 1.29 is 9.53 Å². The molecule has 2 atom stereocenters. The van der Waals surface area contributed by atoms with Crippen molar-refractivity contribution in [3.8, 4) is 0 Å². The molecule has 0 aromatic heterocycles. The molecule has 4 heteroatoms. The second-order valence-corrected chi connectivity index (χ2v) is 7.16. The molecule has 1 amide bonds. The van der Waals surface area contributed by atoms with Crippen LogP contribution in [0, 0.1) is 11.8 Å². The van der Waals surface area contributed by atoms with Crippen molar-refractivity contribution in [2.45, 2.75) is 20.3 Å². The van der Waals surface area contributed by atoms with Crippen LogP contribution in [0.25, 0.3) is 5.57 Å². The predicted molar refractivity (Wildman–Crippen MR) is 106 cm³/mol. The van der Waals surface area contributed by atoms with Gasteiger partial charge in [-0.15, -0.1) is 0 Å². The van der Waals surface area contributed by atoms with E-state index in [9.17, 15) is 4.79 Å². The van der Waals surface area contributed by atoms with Crippen molar-refractivity contribution in [2.75, 3.05) is 39.4 Å². The predicted octanol–water partition coefficient (Wildman–Crippen LogP) is 2.90. The van der Waals surface area contributed by atoms with Gasteiger partial charge in [0.15, 0.2) is 0 Å². The van der Waals surface area contributed by atoms with Crippen molar-refractivity contribution in [1.82, 2.24) is 10.2 Å². The molecule has 0 bridgehead atoms. The van der Waals surface area contributed by atoms with Crippen molar-refractivity contribution in [1.29, 1.82) is 0 Å². The zero-order valence-corrected chi connectivity index (χ0v) is 15.9. The highest BCUT2D eigenvalue weighted by Gasteiger charge is 2.24. The number of carbonyl (C=O) groups excluding carboxylic acids is 1. The number of carbonyl (C=O) groups is 1. The Morgan fingerprint density at radius 3 is 2.62 bits per heavy atom. The molecule has 0 spiro atoms. The van der Waals surface area contributed by atoms with Crippen LogP contribution in [-0.4, -0.2) is 50.2 Å². The van der Waals surface area contributed by atoms with E-state index in [-0.39, 0.29) is 17.7 Å². The minimum atomic E-state index is -0.0849. The lowest BCUT2D eigenvalue weighted by molar-refractivity contribution is -0.124. The number of aryl methyl sites for hydroxylation is 1. The molecule has 1 saturated heterocycles. The maximum Gasteiger partial charge on any atom is 0.227 e. The van der Waals surface area contributed by atoms with Gasteiger partial charge in [0.2, 0.25) is 5.91 Å². The van der Waals surface area contributed by atoms with E-state index < -0.39 is 0 Å². The Morgan fingerprint density at radius 1 is 1.23 bits per heavy atom. The van der Waals surface area contributed by atoms with Crippen LogP contribution in [0.1, 0.15) is 25.0 Å². The maximum absolute atomic E-state index is 12.5. The maximum atomic E-state index is 12.5. The molecule has 140 valence electrons. The fraction of sp³-hybridized carbons (Fsp3) is 0.500. The first-order chi connectivity index (χ1) is 12.7. The van der Waals surface area contributed by atoms with Crippen LogP contribution in [0.15, 0.2) is 42.5 Å². The molecule has 3 rings (SSSR count). The normalized spacial score (nSPS) is 23.5. The van der Waals surface area contributed by atoms with E-state index in [0.29, 0.717) is 6.54 Å². The molecule has 1 N–H and O–H groups in total. The van der Waals surface area contributed by atoms with Gasteiger partial charge < -0.3 is 10.1 Å². The molecular formula is C22H30N2O2. The Hall–Kier alpha value is -1.91. The Morgan fingerprint density at radius 2 is 1.96 bits per heavy atom. The highest BCUT2D eigenvalue weighted by molar-refractivity contribution is 5.85. The molecule has 1 aliphatic heterocycles. The topological polar surface area (TPSA) is 41.6 Å². The zero-order chi connectivity index (χ0) is 18.4. The quantitative estimate of drug-likeness (QED) is 0.854. The zero-order valence-electron chi connectivity index (χ0n) is 15.9. The first kappa shape index (κ1) is 18.9. The summed E-state index contributed by atoms with van der Waals surface area (Å²) in [7, 11) is 0. The lowest BCUT2D eigenvalue weighted by Crippen LogP contribution is -2.43. The molecule has 1 aliphatic carbocycles. The number of morpholine rings is 1. The molecule has 1 heterocycles. The third-order valence-corrected chi connectivity index (χ3v) is 5.32. The Balaban J connectivity index is 1.51. The average Bonchev–Trinajstić information content (AvgIpc) is 2.68. The van der Waals surface area contributed by atoms with Gasteiger partial charge in [-0.25, -0.2) is 0 Å². The summed E-state index contributed by atoms with van der Waals surface area (Å²) in [4.78, 5) is 14.9. The molecule has 26 heavy (non-hydrogen) atoms. The van der Waals surface area contributed by atoms with E-state index >= 15 is 0 Å². The van der Waals surface area contributed by atoms with Gasteiger partial charge >= 0.3 is 0 Å². The standard InChI is InChI=1S/C22H30N2O2/c1-3-18-4-6-19(7-5-18)20-8-9-21(17(2)16-20)22(25)23-10-11-24-12-14-26-15-13-24/h4-9,16-17,21H,3,10-15H2,1-2H3,(H,23,25). The van der Waals surface area contributed by atoms with E-state index in [4.69, 9.17) is 4.74 Å². The average molecular weight is 354 g/mol. The molecular weight excluding hydrogens is 324 g/mol. The van der Waals surface area contributed by atoms with Crippen LogP contribution < -0.4 is 5.32 Å². The number of rotatable bonds is 6. The molecule has 0 radical (unpaired) electrons. The van der Waals surface area contributed by atoms with Gasteiger partial charge in [-0.05, 0) is 29.0 Å². The lowest BCUT2D eigenvalue weighted by Gasteiger charge is -2.27. The van der Waals surface area contributed by atoms with Crippen molar-refractivity contribution >= 4 is 11.5 Å². The van der Waals surface area contributed by atoms with Crippen LogP contribution in [0.3, 0.4) is 0 Å². The van der Waals surface area contributed by atoms with Gasteiger partial charge in [-0.2, -0.15) is 0 Å². The number of nitrogens with one attached hydrogen (secondary N) is 1. The molecule has 1 aromatic rings. The molecule has 0 saturated carbocycles. The van der Waals surface area contributed by atoms with Crippen LogP contribution in [0.5, 0.6) is 0 Å². The number of hydrogen-bond acceptors (Lipinski definition) is 3. The minimum absolute atomic E-state index is 0.0849. The summed E-state index contributed by atoms with van der Waals surface area (Å²) in [5.74, 6) is 0.237. The smallest absolute Gasteiger partial charge is 0.227 e. The largest absolute Gasteiger partial charge is 0.379 e. The summed E-state index contributed by atoms with van der Waals surface area (Å²) in [6.07, 6.45) is 7.41. The van der Waals surface area contributed by atoms with Crippen molar-refractivity contribution in [2.24, 2.45) is 11.8 Å². The Labute approximate surface area is 156 Å². The van der Waals surface area contributed by atoms with E-state index in [1.807, 2.05) is 0 Å². The lowest BCUT2D eigenvalue weighted by atomic mass is 9.84. The first-order valence-electron chi connectivity index (χ1n) is 9.74. The monoisotopic (exact) mass is 354 g/mol. The van der Waals surface area contributed by atoms with E-state index in [1.54, 1.807) is 0 Å². The van der Waals surface area contributed by atoms with Crippen LogP contribution in [0.4, 0.5) is 0 Å². The number of amides is 1. The Kier molecular flexibility index (Phi) is 6.64. The summed E-state index contributed by atoms with van der Waals surface area (Å²) in [6.45, 7) is 9.38. The van der Waals surface area contributed by atoms with Gasteiger partial charge in [0, 0.05) is 26.2 Å². The van der Waals surface area contributed by atoms with Crippen molar-refractivity contribution in [3.63, 3.8) is 0 Å². The molecule has 1 fully saturated rings. The van der Waals surface area contributed by atoms with E-state index in [1.165, 1.54) is 16.7 Å². The van der Waals surface area contributed by atoms with Gasteiger partial charge in [0.05, 0.1) is 19.1 Å². The Bertz CT molecular complexity index is 657. The highest BCUT2D eigenvalue weighted by atomic mass is 16.5. The van der Waals surface area contributed by atoms with Crippen LogP contribution in [0.2, 0.25) is 0 Å². The highest BCUT2D eigenvalue weighted by Crippen LogP contribution is 2.28. The molecule has 2 aliphatic rings. The van der Waals surface area contributed by atoms with Gasteiger partial charge in [-0.3, -0.25) is 9.69 Å². The number of allylic oxidation sites excluding steroid dienone is 3. The molecule has 1 aromatic carbocycles. The number of nitrogens with zero attached hydrogens (tertiary/aromatic N) is 1. The second-order valence-electron chi connectivity index (χ2n) is 7.16. The number of hydrogen-bond donors (Lipinski definition) is 1. The van der Waals surface area contributed by atoms with Crippen LogP contribution >= 0.6 is 0 Å². The van der Waals surface area contributed by atoms with Gasteiger partial charge in [0.1, 0.15) is 0 Å². The fourth-order valence-electron chi connectivity index (χ4n) is 3.56. The number of ether oxygens (including phenoxy) is 1. The summed E-state index contributed by atoms with van der Waals surface area (Å²) in [5, 5.41) is 3.10. The molecule has 4 nitrogen and oxygen atoms in total. The number of benzene rings is 1. The van der Waals surface area contributed by atoms with Gasteiger partial charge in [-0.1, -0.05) is 56.3 Å². The van der Waals surface area contributed by atoms with Gasteiger partial charge in [0.25, 0.3) is 0 Å². The summed E-state index contributed by atoms with van der Waals surface area (Å²) >= 11 is 0. The first-order valence-corrected chi connectivity index (χ1v) is 9.74. The third-order valence-electron chi connectivity index (χ3n) is 5.32. The summed E-state index contributed by atoms with van der Waals surface area (Å²) in [6, 6.07) is 8.70. The summed E-state index contributed by atoms with van der Waals surface area (Å²) < 4.78 is 5.35. The van der Waals surface area contributed by atoms with Crippen LogP contribution in [-0.2, 0) is 16.0 Å². The van der Waals surface area contributed by atoms with Crippen molar-refractivity contribution in [3.05, 3.63) is 53.6 Å². The summed E-state index contributed by atoms with van der Waals surface area (Å²) in [5.41, 5.74) is 3.77. The van der Waals surface area contributed by atoms with E-state index in [2.05, 4.69) is 66.6 Å². The SMILES string of the molecule is CCc1ccc(C2=CC(C)C(C(=O)NCCN3CCOCC3)C=C2)cc1. The minimum Gasteiger partial charge on any atom is -0.379 e.